The van der Waals surface area contributed by atoms with E-state index in [2.05, 4.69) is 10.6 Å². The predicted octanol–water partition coefficient (Wildman–Crippen LogP) is 4.95. The van der Waals surface area contributed by atoms with Crippen LogP contribution in [0.2, 0.25) is 0 Å². The number of hydrogen-bond donors (Lipinski definition) is 2. The fourth-order valence-electron chi connectivity index (χ4n) is 2.53. The molecule has 0 atom stereocenters. The van der Waals surface area contributed by atoms with Crippen LogP contribution in [0.4, 0.5) is 11.4 Å². The summed E-state index contributed by atoms with van der Waals surface area (Å²) in [6, 6.07) is 24.6. The van der Waals surface area contributed by atoms with Gasteiger partial charge >= 0.3 is 0 Å². The summed E-state index contributed by atoms with van der Waals surface area (Å²) in [6.45, 7) is 1.80. The van der Waals surface area contributed by atoms with E-state index in [4.69, 9.17) is 0 Å². The van der Waals surface area contributed by atoms with Crippen molar-refractivity contribution < 1.29 is 9.59 Å². The zero-order valence-electron chi connectivity index (χ0n) is 14.5. The van der Waals surface area contributed by atoms with Gasteiger partial charge in [-0.05, 0) is 47.5 Å². The maximum atomic E-state index is 12.4. The Hall–Kier alpha value is -3.40. The molecule has 0 saturated carbocycles. The largest absolute Gasteiger partial charge is 0.326 e. The molecule has 26 heavy (non-hydrogen) atoms. The van der Waals surface area contributed by atoms with Gasteiger partial charge in [0.25, 0.3) is 5.91 Å². The van der Waals surface area contributed by atoms with E-state index < -0.39 is 0 Å². The van der Waals surface area contributed by atoms with E-state index >= 15 is 0 Å². The standard InChI is InChI=1S/C22H20N2O2/c1-2-21(25)23-19-12-14-20(15-13-19)24-22(26)18-10-8-17(9-11-18)16-6-4-3-5-7-16/h3-15H,2H2,1H3,(H,23,25)(H,24,26). The van der Waals surface area contributed by atoms with Gasteiger partial charge in [0.1, 0.15) is 0 Å². The number of hydrogen-bond acceptors (Lipinski definition) is 2. The van der Waals surface area contributed by atoms with Crippen LogP contribution in [-0.4, -0.2) is 11.8 Å². The van der Waals surface area contributed by atoms with E-state index in [0.29, 0.717) is 23.4 Å². The number of anilines is 2. The second-order valence-corrected chi connectivity index (χ2v) is 5.88. The molecule has 0 aliphatic rings. The van der Waals surface area contributed by atoms with Crippen molar-refractivity contribution in [1.29, 1.82) is 0 Å². The Labute approximate surface area is 152 Å². The minimum absolute atomic E-state index is 0.0414. The minimum atomic E-state index is -0.171. The van der Waals surface area contributed by atoms with Crippen LogP contribution in [0, 0.1) is 0 Å². The van der Waals surface area contributed by atoms with Crippen molar-refractivity contribution in [3.05, 3.63) is 84.4 Å². The molecule has 0 radical (unpaired) electrons. The van der Waals surface area contributed by atoms with Gasteiger partial charge in [-0.2, -0.15) is 0 Å². The van der Waals surface area contributed by atoms with Gasteiger partial charge in [-0.15, -0.1) is 0 Å². The molecule has 0 aromatic heterocycles. The van der Waals surface area contributed by atoms with Crippen molar-refractivity contribution in [3.63, 3.8) is 0 Å². The average Bonchev–Trinajstić information content (AvgIpc) is 2.70. The van der Waals surface area contributed by atoms with Gasteiger partial charge in [0.2, 0.25) is 5.91 Å². The summed E-state index contributed by atoms with van der Waals surface area (Å²) in [5.41, 5.74) is 4.16. The van der Waals surface area contributed by atoms with Crippen LogP contribution in [0.15, 0.2) is 78.9 Å². The van der Waals surface area contributed by atoms with Gasteiger partial charge in [-0.1, -0.05) is 49.4 Å². The molecule has 3 rings (SSSR count). The van der Waals surface area contributed by atoms with Crippen molar-refractivity contribution in [2.45, 2.75) is 13.3 Å². The lowest BCUT2D eigenvalue weighted by atomic mass is 10.0. The van der Waals surface area contributed by atoms with E-state index in [1.54, 1.807) is 31.2 Å². The van der Waals surface area contributed by atoms with Gasteiger partial charge in [0, 0.05) is 23.4 Å². The Bertz CT molecular complexity index is 886. The van der Waals surface area contributed by atoms with Crippen LogP contribution in [-0.2, 0) is 4.79 Å². The highest BCUT2D eigenvalue weighted by atomic mass is 16.2. The lowest BCUT2D eigenvalue weighted by Crippen LogP contribution is -2.12. The third-order valence-corrected chi connectivity index (χ3v) is 4.00. The summed E-state index contributed by atoms with van der Waals surface area (Å²) >= 11 is 0. The first kappa shape index (κ1) is 17.4. The highest BCUT2D eigenvalue weighted by molar-refractivity contribution is 6.04. The SMILES string of the molecule is CCC(=O)Nc1ccc(NC(=O)c2ccc(-c3ccccc3)cc2)cc1. The molecule has 0 fully saturated rings. The van der Waals surface area contributed by atoms with E-state index in [9.17, 15) is 9.59 Å². The normalized spacial score (nSPS) is 10.2. The smallest absolute Gasteiger partial charge is 0.255 e. The van der Waals surface area contributed by atoms with E-state index in [1.165, 1.54) is 0 Å². The Morgan fingerprint density at radius 2 is 1.23 bits per heavy atom. The molecule has 3 aromatic rings. The van der Waals surface area contributed by atoms with Crippen LogP contribution < -0.4 is 10.6 Å². The molecule has 0 aliphatic carbocycles. The number of amides is 2. The number of carbonyl (C=O) groups excluding carboxylic acids is 2. The van der Waals surface area contributed by atoms with Gasteiger partial charge in [0.05, 0.1) is 0 Å². The molecule has 4 heteroatoms. The third kappa shape index (κ3) is 4.36. The van der Waals surface area contributed by atoms with Crippen LogP contribution >= 0.6 is 0 Å². The first-order valence-corrected chi connectivity index (χ1v) is 8.52. The van der Waals surface area contributed by atoms with E-state index in [-0.39, 0.29) is 11.8 Å². The highest BCUT2D eigenvalue weighted by Crippen LogP contribution is 2.20. The number of carbonyl (C=O) groups is 2. The minimum Gasteiger partial charge on any atom is -0.326 e. The summed E-state index contributed by atoms with van der Waals surface area (Å²) in [7, 11) is 0. The molecule has 3 aromatic carbocycles. The zero-order chi connectivity index (χ0) is 18.4. The second kappa shape index (κ2) is 8.12. The molecule has 0 saturated heterocycles. The van der Waals surface area contributed by atoms with Crippen molar-refractivity contribution >= 4 is 23.2 Å². The molecule has 2 amide bonds. The van der Waals surface area contributed by atoms with Crippen molar-refractivity contribution in [1.82, 2.24) is 0 Å². The van der Waals surface area contributed by atoms with Gasteiger partial charge in [0.15, 0.2) is 0 Å². The maximum Gasteiger partial charge on any atom is 0.255 e. The summed E-state index contributed by atoms with van der Waals surface area (Å²) < 4.78 is 0. The molecular weight excluding hydrogens is 324 g/mol. The van der Waals surface area contributed by atoms with Crippen molar-refractivity contribution in [2.24, 2.45) is 0 Å². The second-order valence-electron chi connectivity index (χ2n) is 5.88. The quantitative estimate of drug-likeness (QED) is 0.688. The fourth-order valence-corrected chi connectivity index (χ4v) is 2.53. The van der Waals surface area contributed by atoms with Crippen LogP contribution in [0.1, 0.15) is 23.7 Å². The first-order chi connectivity index (χ1) is 12.7. The topological polar surface area (TPSA) is 58.2 Å². The lowest BCUT2D eigenvalue weighted by Gasteiger charge is -2.08. The fraction of sp³-hybridized carbons (Fsp3) is 0.0909. The van der Waals surface area contributed by atoms with Gasteiger partial charge < -0.3 is 10.6 Å². The zero-order valence-corrected chi connectivity index (χ0v) is 14.5. The first-order valence-electron chi connectivity index (χ1n) is 8.52. The molecule has 2 N–H and O–H groups in total. The summed E-state index contributed by atoms with van der Waals surface area (Å²) in [5, 5.41) is 5.63. The number of benzene rings is 3. The Morgan fingerprint density at radius 3 is 1.81 bits per heavy atom. The Balaban J connectivity index is 1.65. The van der Waals surface area contributed by atoms with Gasteiger partial charge in [-0.25, -0.2) is 0 Å². The Morgan fingerprint density at radius 1 is 0.692 bits per heavy atom. The van der Waals surface area contributed by atoms with E-state index in [1.807, 2.05) is 54.6 Å². The molecule has 0 heterocycles. The van der Waals surface area contributed by atoms with E-state index in [0.717, 1.165) is 11.1 Å². The Kier molecular flexibility index (Phi) is 5.44. The van der Waals surface area contributed by atoms with Crippen LogP contribution in [0.5, 0.6) is 0 Å². The highest BCUT2D eigenvalue weighted by Gasteiger charge is 2.07. The molecule has 0 bridgehead atoms. The summed E-state index contributed by atoms with van der Waals surface area (Å²) in [5.74, 6) is -0.213. The van der Waals surface area contributed by atoms with Crippen molar-refractivity contribution in [3.8, 4) is 11.1 Å². The van der Waals surface area contributed by atoms with Crippen molar-refractivity contribution in [2.75, 3.05) is 10.6 Å². The third-order valence-electron chi connectivity index (χ3n) is 4.00. The average molecular weight is 344 g/mol. The number of rotatable bonds is 5. The molecule has 4 nitrogen and oxygen atoms in total. The molecule has 0 spiro atoms. The predicted molar refractivity (Wildman–Crippen MR) is 105 cm³/mol. The number of nitrogens with one attached hydrogen (secondary N) is 2. The monoisotopic (exact) mass is 344 g/mol. The molecular formula is C22H20N2O2. The molecule has 130 valence electrons. The maximum absolute atomic E-state index is 12.4. The molecule has 0 aliphatic heterocycles. The summed E-state index contributed by atoms with van der Waals surface area (Å²) in [6.07, 6.45) is 0.428. The molecule has 0 unspecified atom stereocenters. The summed E-state index contributed by atoms with van der Waals surface area (Å²) in [4.78, 5) is 23.8. The lowest BCUT2D eigenvalue weighted by molar-refractivity contribution is -0.115. The van der Waals surface area contributed by atoms with Gasteiger partial charge in [-0.3, -0.25) is 9.59 Å². The van der Waals surface area contributed by atoms with Crippen LogP contribution in [0.25, 0.3) is 11.1 Å². The van der Waals surface area contributed by atoms with Crippen LogP contribution in [0.3, 0.4) is 0 Å².